The maximum Gasteiger partial charge on any atom is 0.227 e. The van der Waals surface area contributed by atoms with Crippen molar-refractivity contribution in [1.82, 2.24) is 4.90 Å². The molecule has 3 heteroatoms. The molecule has 0 aliphatic rings. The molecule has 0 aliphatic carbocycles. The van der Waals surface area contributed by atoms with E-state index in [1.54, 1.807) is 0 Å². The van der Waals surface area contributed by atoms with Gasteiger partial charge < -0.3 is 4.90 Å². The number of amides is 1. The van der Waals surface area contributed by atoms with Crippen molar-refractivity contribution in [3.8, 4) is 0 Å². The van der Waals surface area contributed by atoms with Crippen LogP contribution in [0.5, 0.6) is 0 Å². The van der Waals surface area contributed by atoms with E-state index >= 15 is 0 Å². The van der Waals surface area contributed by atoms with Crippen molar-refractivity contribution in [1.29, 1.82) is 0 Å². The molecule has 1 aromatic rings. The van der Waals surface area contributed by atoms with Gasteiger partial charge in [-0.1, -0.05) is 18.2 Å². The number of carbonyl (C=O) groups excluding carboxylic acids is 1. The van der Waals surface area contributed by atoms with Crippen molar-refractivity contribution in [3.63, 3.8) is 0 Å². The van der Waals surface area contributed by atoms with E-state index in [1.807, 2.05) is 24.8 Å². The predicted octanol–water partition coefficient (Wildman–Crippen LogP) is 3.71. The van der Waals surface area contributed by atoms with Crippen molar-refractivity contribution < 1.29 is 4.79 Å². The number of nitrogens with zero attached hydrogens (tertiary/aromatic N) is 1. The lowest BCUT2D eigenvalue weighted by atomic mass is 10.0. The quantitative estimate of drug-likeness (QED) is 0.728. The SMILES string of the molecule is Cc1ccc(CC(=O)N(CCCCl)C(C)C)cc1C. The predicted molar refractivity (Wildman–Crippen MR) is 81.8 cm³/mol. The van der Waals surface area contributed by atoms with Gasteiger partial charge >= 0.3 is 0 Å². The highest BCUT2D eigenvalue weighted by molar-refractivity contribution is 6.17. The number of aryl methyl sites for hydroxylation is 2. The summed E-state index contributed by atoms with van der Waals surface area (Å²) in [7, 11) is 0. The summed E-state index contributed by atoms with van der Waals surface area (Å²) in [5.74, 6) is 0.781. The minimum absolute atomic E-state index is 0.184. The molecule has 1 aromatic carbocycles. The summed E-state index contributed by atoms with van der Waals surface area (Å²) >= 11 is 5.72. The molecular formula is C16H24ClNO. The first kappa shape index (κ1) is 16.0. The van der Waals surface area contributed by atoms with Crippen LogP contribution in [0.25, 0.3) is 0 Å². The molecule has 0 aliphatic heterocycles. The molecule has 0 N–H and O–H groups in total. The van der Waals surface area contributed by atoms with Crippen LogP contribution in [0.4, 0.5) is 0 Å². The van der Waals surface area contributed by atoms with Gasteiger partial charge in [0, 0.05) is 18.5 Å². The van der Waals surface area contributed by atoms with Crippen molar-refractivity contribution >= 4 is 17.5 Å². The molecule has 1 rings (SSSR count). The molecule has 0 unspecified atom stereocenters. The number of alkyl halides is 1. The smallest absolute Gasteiger partial charge is 0.227 e. The van der Waals surface area contributed by atoms with Crippen LogP contribution < -0.4 is 0 Å². The van der Waals surface area contributed by atoms with E-state index in [-0.39, 0.29) is 11.9 Å². The van der Waals surface area contributed by atoms with Crippen LogP contribution in [0, 0.1) is 13.8 Å². The van der Waals surface area contributed by atoms with Crippen molar-refractivity contribution in [2.75, 3.05) is 12.4 Å². The van der Waals surface area contributed by atoms with Gasteiger partial charge in [-0.25, -0.2) is 0 Å². The van der Waals surface area contributed by atoms with Crippen LogP contribution in [0.1, 0.15) is 37.0 Å². The molecule has 106 valence electrons. The Bertz CT molecular complexity index is 429. The van der Waals surface area contributed by atoms with Gasteiger partial charge in [0.05, 0.1) is 6.42 Å². The fourth-order valence-corrected chi connectivity index (χ4v) is 2.21. The highest BCUT2D eigenvalue weighted by Gasteiger charge is 2.16. The van der Waals surface area contributed by atoms with E-state index in [1.165, 1.54) is 11.1 Å². The van der Waals surface area contributed by atoms with E-state index in [4.69, 9.17) is 11.6 Å². The van der Waals surface area contributed by atoms with Crippen LogP contribution in [0.2, 0.25) is 0 Å². The topological polar surface area (TPSA) is 20.3 Å². The molecular weight excluding hydrogens is 258 g/mol. The van der Waals surface area contributed by atoms with Gasteiger partial charge in [-0.05, 0) is 50.8 Å². The third-order valence-electron chi connectivity index (χ3n) is 3.40. The van der Waals surface area contributed by atoms with E-state index < -0.39 is 0 Å². The standard InChI is InChI=1S/C16H24ClNO/c1-12(2)18(9-5-8-17)16(19)11-15-7-6-13(3)14(4)10-15/h6-7,10,12H,5,8-9,11H2,1-4H3. The normalized spacial score (nSPS) is 10.8. The van der Waals surface area contributed by atoms with Crippen LogP contribution in [-0.2, 0) is 11.2 Å². The minimum atomic E-state index is 0.184. The van der Waals surface area contributed by atoms with E-state index in [2.05, 4.69) is 26.0 Å². The summed E-state index contributed by atoms with van der Waals surface area (Å²) < 4.78 is 0. The zero-order chi connectivity index (χ0) is 14.4. The van der Waals surface area contributed by atoms with Gasteiger partial charge in [0.2, 0.25) is 5.91 Å². The van der Waals surface area contributed by atoms with Crippen molar-refractivity contribution in [3.05, 3.63) is 34.9 Å². The highest BCUT2D eigenvalue weighted by Crippen LogP contribution is 2.12. The molecule has 0 heterocycles. The van der Waals surface area contributed by atoms with Gasteiger partial charge in [-0.3, -0.25) is 4.79 Å². The number of hydrogen-bond donors (Lipinski definition) is 0. The number of rotatable bonds is 6. The lowest BCUT2D eigenvalue weighted by molar-refractivity contribution is -0.132. The second kappa shape index (κ2) is 7.54. The van der Waals surface area contributed by atoms with E-state index in [9.17, 15) is 4.79 Å². The van der Waals surface area contributed by atoms with Crippen molar-refractivity contribution in [2.45, 2.75) is 46.6 Å². The highest BCUT2D eigenvalue weighted by atomic mass is 35.5. The van der Waals surface area contributed by atoms with E-state index in [0.717, 1.165) is 18.5 Å². The van der Waals surface area contributed by atoms with Crippen molar-refractivity contribution in [2.24, 2.45) is 0 Å². The third-order valence-corrected chi connectivity index (χ3v) is 3.67. The monoisotopic (exact) mass is 281 g/mol. The lowest BCUT2D eigenvalue weighted by Crippen LogP contribution is -2.38. The largest absolute Gasteiger partial charge is 0.340 e. The number of halogens is 1. The number of benzene rings is 1. The van der Waals surface area contributed by atoms with Gasteiger partial charge in [0.25, 0.3) is 0 Å². The molecule has 0 bridgehead atoms. The van der Waals surface area contributed by atoms with E-state index in [0.29, 0.717) is 12.3 Å². The Labute approximate surface area is 121 Å². The van der Waals surface area contributed by atoms with Gasteiger partial charge in [0.1, 0.15) is 0 Å². The Balaban J connectivity index is 2.72. The van der Waals surface area contributed by atoms with Gasteiger partial charge in [0.15, 0.2) is 0 Å². The zero-order valence-corrected chi connectivity index (χ0v) is 13.1. The Morgan fingerprint density at radius 2 is 1.95 bits per heavy atom. The molecule has 1 amide bonds. The average molecular weight is 282 g/mol. The first-order valence-corrected chi connectivity index (χ1v) is 7.40. The fraction of sp³-hybridized carbons (Fsp3) is 0.562. The Morgan fingerprint density at radius 3 is 2.47 bits per heavy atom. The maximum absolute atomic E-state index is 12.3. The molecule has 0 radical (unpaired) electrons. The molecule has 0 spiro atoms. The maximum atomic E-state index is 12.3. The molecule has 0 atom stereocenters. The fourth-order valence-electron chi connectivity index (χ4n) is 2.09. The Hall–Kier alpha value is -1.02. The average Bonchev–Trinajstić information content (AvgIpc) is 2.34. The van der Waals surface area contributed by atoms with Gasteiger partial charge in [-0.15, -0.1) is 11.6 Å². The summed E-state index contributed by atoms with van der Waals surface area (Å²) in [4.78, 5) is 14.3. The summed E-state index contributed by atoms with van der Waals surface area (Å²) in [6.45, 7) is 9.00. The van der Waals surface area contributed by atoms with Crippen LogP contribution in [0.15, 0.2) is 18.2 Å². The summed E-state index contributed by atoms with van der Waals surface area (Å²) in [6.07, 6.45) is 1.32. The number of hydrogen-bond acceptors (Lipinski definition) is 1. The molecule has 0 fully saturated rings. The second-order valence-corrected chi connectivity index (χ2v) is 5.70. The zero-order valence-electron chi connectivity index (χ0n) is 12.4. The minimum Gasteiger partial charge on any atom is -0.340 e. The second-order valence-electron chi connectivity index (χ2n) is 5.32. The lowest BCUT2D eigenvalue weighted by Gasteiger charge is -2.26. The summed E-state index contributed by atoms with van der Waals surface area (Å²) in [6, 6.07) is 6.45. The van der Waals surface area contributed by atoms with Crippen LogP contribution in [-0.4, -0.2) is 29.3 Å². The number of carbonyl (C=O) groups is 1. The van der Waals surface area contributed by atoms with Gasteiger partial charge in [-0.2, -0.15) is 0 Å². The molecule has 0 saturated heterocycles. The van der Waals surface area contributed by atoms with Crippen LogP contribution in [0.3, 0.4) is 0 Å². The molecule has 2 nitrogen and oxygen atoms in total. The molecule has 19 heavy (non-hydrogen) atoms. The van der Waals surface area contributed by atoms with Crippen LogP contribution >= 0.6 is 11.6 Å². The summed E-state index contributed by atoms with van der Waals surface area (Å²) in [5, 5.41) is 0. The molecule has 0 saturated carbocycles. The Kier molecular flexibility index (Phi) is 6.36. The summed E-state index contributed by atoms with van der Waals surface area (Å²) in [5.41, 5.74) is 3.59. The third kappa shape index (κ3) is 4.87. The Morgan fingerprint density at radius 1 is 1.26 bits per heavy atom. The first-order valence-electron chi connectivity index (χ1n) is 6.87. The first-order chi connectivity index (χ1) is 8.95. The molecule has 0 aromatic heterocycles.